The van der Waals surface area contributed by atoms with Crippen LogP contribution in [0.5, 0.6) is 0 Å². The van der Waals surface area contributed by atoms with Crippen LogP contribution in [0.4, 0.5) is 0 Å². The van der Waals surface area contributed by atoms with E-state index < -0.39 is 20.6 Å². The molecule has 0 heterocycles. The minimum Gasteiger partial charge on any atom is -0.466 e. The third kappa shape index (κ3) is 2.41. The number of carbonyl (C=O) groups excluding carboxylic acids is 1. The van der Waals surface area contributed by atoms with Crippen molar-refractivity contribution in [2.75, 3.05) is 7.11 Å². The van der Waals surface area contributed by atoms with Crippen molar-refractivity contribution in [1.82, 2.24) is 0 Å². The number of hydrogen-bond donors (Lipinski definition) is 0. The standard InChI is InChI=1S/C17H16O4S/c1-21-16(18)8-9-17(10-11-17)22(19,20)15-7-6-13-4-2-3-5-14(13)12-15/h2-9,12H,10-11H2,1H3. The van der Waals surface area contributed by atoms with Crippen LogP contribution < -0.4 is 0 Å². The van der Waals surface area contributed by atoms with Crippen molar-refractivity contribution in [2.24, 2.45) is 0 Å². The number of benzene rings is 2. The number of esters is 1. The smallest absolute Gasteiger partial charge is 0.330 e. The van der Waals surface area contributed by atoms with E-state index in [4.69, 9.17) is 0 Å². The highest BCUT2D eigenvalue weighted by Gasteiger charge is 2.53. The van der Waals surface area contributed by atoms with Gasteiger partial charge in [-0.25, -0.2) is 13.2 Å². The quantitative estimate of drug-likeness (QED) is 0.643. The minimum absolute atomic E-state index is 0.290. The van der Waals surface area contributed by atoms with Crippen molar-refractivity contribution in [3.05, 3.63) is 54.6 Å². The van der Waals surface area contributed by atoms with E-state index in [0.29, 0.717) is 17.7 Å². The summed E-state index contributed by atoms with van der Waals surface area (Å²) in [5.41, 5.74) is 0. The van der Waals surface area contributed by atoms with E-state index in [-0.39, 0.29) is 0 Å². The maximum Gasteiger partial charge on any atom is 0.330 e. The zero-order chi connectivity index (χ0) is 15.8. The fourth-order valence-electron chi connectivity index (χ4n) is 2.51. The summed E-state index contributed by atoms with van der Waals surface area (Å²) < 4.78 is 29.3. The van der Waals surface area contributed by atoms with Crippen LogP contribution >= 0.6 is 0 Å². The highest BCUT2D eigenvalue weighted by atomic mass is 32.2. The summed E-state index contributed by atoms with van der Waals surface area (Å²) in [6.45, 7) is 0. The van der Waals surface area contributed by atoms with Crippen LogP contribution in [-0.2, 0) is 19.4 Å². The largest absolute Gasteiger partial charge is 0.466 e. The predicted molar refractivity (Wildman–Crippen MR) is 84.3 cm³/mol. The molecular formula is C17H16O4S. The van der Waals surface area contributed by atoms with Crippen molar-refractivity contribution in [3.8, 4) is 0 Å². The molecule has 2 aromatic rings. The molecule has 3 rings (SSSR count). The lowest BCUT2D eigenvalue weighted by Gasteiger charge is -2.13. The summed E-state index contributed by atoms with van der Waals surface area (Å²) in [6.07, 6.45) is 3.71. The first-order valence-electron chi connectivity index (χ1n) is 6.99. The van der Waals surface area contributed by atoms with Crippen LogP contribution in [0, 0.1) is 0 Å². The average molecular weight is 316 g/mol. The summed E-state index contributed by atoms with van der Waals surface area (Å²) in [5, 5.41) is 1.88. The first-order valence-corrected chi connectivity index (χ1v) is 8.47. The second-order valence-corrected chi connectivity index (χ2v) is 7.72. The van der Waals surface area contributed by atoms with Gasteiger partial charge in [0, 0.05) is 6.08 Å². The van der Waals surface area contributed by atoms with Gasteiger partial charge in [0.2, 0.25) is 0 Å². The Kier molecular flexibility index (Phi) is 3.53. The van der Waals surface area contributed by atoms with Gasteiger partial charge in [-0.2, -0.15) is 0 Å². The highest BCUT2D eigenvalue weighted by Crippen LogP contribution is 2.48. The van der Waals surface area contributed by atoms with Gasteiger partial charge in [-0.15, -0.1) is 0 Å². The van der Waals surface area contributed by atoms with Gasteiger partial charge in [0.15, 0.2) is 9.84 Å². The molecule has 1 fully saturated rings. The van der Waals surface area contributed by atoms with Crippen LogP contribution in [0.25, 0.3) is 10.8 Å². The van der Waals surface area contributed by atoms with Crippen molar-refractivity contribution in [2.45, 2.75) is 22.5 Å². The van der Waals surface area contributed by atoms with Crippen LogP contribution in [0.1, 0.15) is 12.8 Å². The molecule has 1 aliphatic carbocycles. The molecule has 0 unspecified atom stereocenters. The summed E-state index contributed by atoms with van der Waals surface area (Å²) >= 11 is 0. The van der Waals surface area contributed by atoms with Crippen molar-refractivity contribution in [1.29, 1.82) is 0 Å². The molecule has 0 saturated heterocycles. The first kappa shape index (κ1) is 14.8. The van der Waals surface area contributed by atoms with Gasteiger partial charge in [-0.05, 0) is 35.7 Å². The molecule has 0 atom stereocenters. The Labute approximate surface area is 129 Å². The lowest BCUT2D eigenvalue weighted by molar-refractivity contribution is -0.134. The Morgan fingerprint density at radius 1 is 1.14 bits per heavy atom. The molecule has 1 saturated carbocycles. The van der Waals surface area contributed by atoms with Gasteiger partial charge in [0.1, 0.15) is 0 Å². The number of sulfone groups is 1. The Balaban J connectivity index is 2.01. The Bertz CT molecular complexity index is 861. The minimum atomic E-state index is -3.52. The lowest BCUT2D eigenvalue weighted by Crippen LogP contribution is -2.21. The summed E-state index contributed by atoms with van der Waals surface area (Å²) in [6, 6.07) is 12.7. The lowest BCUT2D eigenvalue weighted by atomic mass is 10.1. The molecule has 2 aromatic carbocycles. The van der Waals surface area contributed by atoms with Crippen LogP contribution in [0.2, 0.25) is 0 Å². The van der Waals surface area contributed by atoms with Crippen molar-refractivity contribution in [3.63, 3.8) is 0 Å². The number of methoxy groups -OCH3 is 1. The predicted octanol–water partition coefficient (Wildman–Crippen LogP) is 2.88. The molecule has 114 valence electrons. The molecule has 0 bridgehead atoms. The van der Waals surface area contributed by atoms with E-state index in [2.05, 4.69) is 4.74 Å². The molecule has 0 spiro atoms. The maximum atomic E-state index is 12.9. The second-order valence-electron chi connectivity index (χ2n) is 5.43. The van der Waals surface area contributed by atoms with Gasteiger partial charge in [-0.1, -0.05) is 36.4 Å². The monoisotopic (exact) mass is 316 g/mol. The summed E-state index contributed by atoms with van der Waals surface area (Å²) in [4.78, 5) is 11.5. The molecule has 0 amide bonds. The molecule has 4 nitrogen and oxygen atoms in total. The fourth-order valence-corrected chi connectivity index (χ4v) is 4.39. The Morgan fingerprint density at radius 3 is 2.45 bits per heavy atom. The number of rotatable bonds is 4. The molecule has 0 radical (unpaired) electrons. The van der Waals surface area contributed by atoms with Gasteiger partial charge in [0.25, 0.3) is 0 Å². The third-order valence-corrected chi connectivity index (χ3v) is 6.52. The second kappa shape index (κ2) is 5.25. The van der Waals surface area contributed by atoms with Crippen LogP contribution in [0.3, 0.4) is 0 Å². The molecule has 1 aliphatic rings. The zero-order valence-electron chi connectivity index (χ0n) is 12.2. The Hall–Kier alpha value is -2.14. The summed E-state index contributed by atoms with van der Waals surface area (Å²) in [5.74, 6) is -0.542. The number of hydrogen-bond acceptors (Lipinski definition) is 4. The third-order valence-electron chi connectivity index (χ3n) is 4.03. The molecule has 0 aromatic heterocycles. The first-order chi connectivity index (χ1) is 10.5. The number of fused-ring (bicyclic) bond motifs is 1. The number of carbonyl (C=O) groups is 1. The SMILES string of the molecule is COC(=O)C=CC1(S(=O)(=O)c2ccc3ccccc3c2)CC1. The van der Waals surface area contributed by atoms with Gasteiger partial charge in [-0.3, -0.25) is 0 Å². The maximum absolute atomic E-state index is 12.9. The zero-order valence-corrected chi connectivity index (χ0v) is 13.0. The van der Waals surface area contributed by atoms with E-state index in [0.717, 1.165) is 10.8 Å². The number of ether oxygens (including phenoxy) is 1. The Morgan fingerprint density at radius 2 is 1.82 bits per heavy atom. The van der Waals surface area contributed by atoms with Gasteiger partial charge >= 0.3 is 5.97 Å². The van der Waals surface area contributed by atoms with E-state index in [1.54, 1.807) is 12.1 Å². The van der Waals surface area contributed by atoms with E-state index in [1.807, 2.05) is 30.3 Å². The molecule has 0 N–H and O–H groups in total. The van der Waals surface area contributed by atoms with Crippen molar-refractivity contribution >= 4 is 26.6 Å². The molecule has 22 heavy (non-hydrogen) atoms. The normalized spacial score (nSPS) is 16.8. The van der Waals surface area contributed by atoms with E-state index in [1.165, 1.54) is 19.3 Å². The van der Waals surface area contributed by atoms with E-state index >= 15 is 0 Å². The highest BCUT2D eigenvalue weighted by molar-refractivity contribution is 7.93. The van der Waals surface area contributed by atoms with E-state index in [9.17, 15) is 13.2 Å². The summed E-state index contributed by atoms with van der Waals surface area (Å²) in [7, 11) is -2.25. The van der Waals surface area contributed by atoms with Crippen molar-refractivity contribution < 1.29 is 17.9 Å². The fraction of sp³-hybridized carbons (Fsp3) is 0.235. The molecule has 0 aliphatic heterocycles. The van der Waals surface area contributed by atoms with Crippen LogP contribution in [0.15, 0.2) is 59.5 Å². The van der Waals surface area contributed by atoms with Gasteiger partial charge < -0.3 is 4.74 Å². The molecular weight excluding hydrogens is 300 g/mol. The topological polar surface area (TPSA) is 60.4 Å². The average Bonchev–Trinajstić information content (AvgIpc) is 3.33. The van der Waals surface area contributed by atoms with Gasteiger partial charge in [0.05, 0.1) is 16.8 Å². The van der Waals surface area contributed by atoms with Crippen LogP contribution in [-0.4, -0.2) is 26.2 Å². The molecule has 5 heteroatoms.